The number of ether oxygens (including phenoxy) is 1. The third-order valence-electron chi connectivity index (χ3n) is 4.40. The van der Waals surface area contributed by atoms with Gasteiger partial charge in [-0.1, -0.05) is 36.4 Å². The Bertz CT molecular complexity index is 923. The molecule has 136 valence electrons. The third kappa shape index (κ3) is 3.60. The van der Waals surface area contributed by atoms with Gasteiger partial charge in [0.15, 0.2) is 11.0 Å². The molecule has 0 amide bonds. The lowest BCUT2D eigenvalue weighted by Gasteiger charge is -2.23. The van der Waals surface area contributed by atoms with Crippen LogP contribution >= 0.6 is 11.6 Å². The second-order valence-electron chi connectivity index (χ2n) is 6.16. The Balaban J connectivity index is 1.91. The van der Waals surface area contributed by atoms with Gasteiger partial charge in [0.05, 0.1) is 7.11 Å². The molecule has 0 bridgehead atoms. The number of aliphatic hydroxyl groups is 1. The van der Waals surface area contributed by atoms with Crippen molar-refractivity contribution in [3.05, 3.63) is 71.5 Å². The van der Waals surface area contributed by atoms with Crippen molar-refractivity contribution in [3.8, 4) is 5.75 Å². The zero-order chi connectivity index (χ0) is 18.7. The van der Waals surface area contributed by atoms with E-state index in [2.05, 4.69) is 22.2 Å². The summed E-state index contributed by atoms with van der Waals surface area (Å²) in [5, 5.41) is 11.4. The van der Waals surface area contributed by atoms with Gasteiger partial charge in [-0.2, -0.15) is 0 Å². The van der Waals surface area contributed by atoms with Gasteiger partial charge in [-0.15, -0.1) is 0 Å². The zero-order valence-electron chi connectivity index (χ0n) is 14.9. The van der Waals surface area contributed by atoms with Crippen molar-refractivity contribution >= 4 is 22.6 Å². The number of aliphatic hydroxyl groups excluding tert-OH is 1. The van der Waals surface area contributed by atoms with E-state index in [1.54, 1.807) is 25.3 Å². The van der Waals surface area contributed by atoms with E-state index in [1.807, 2.05) is 36.2 Å². The Kier molecular flexibility index (Phi) is 5.61. The molecular formula is C20H23ClN3O2+. The number of nitrogens with one attached hydrogen (secondary N) is 1. The van der Waals surface area contributed by atoms with E-state index in [9.17, 15) is 5.11 Å². The number of aromatic amines is 1. The van der Waals surface area contributed by atoms with Gasteiger partial charge in [-0.05, 0) is 37.4 Å². The van der Waals surface area contributed by atoms with Crippen LogP contribution in [0.1, 0.15) is 17.6 Å². The summed E-state index contributed by atoms with van der Waals surface area (Å²) in [7, 11) is 3.43. The molecule has 5 nitrogen and oxygen atoms in total. The predicted octanol–water partition coefficient (Wildman–Crippen LogP) is 3.43. The number of hydrogen-bond acceptors (Lipinski definition) is 3. The fourth-order valence-corrected chi connectivity index (χ4v) is 3.29. The molecule has 0 aliphatic rings. The van der Waals surface area contributed by atoms with Crippen LogP contribution in [0.2, 0.25) is 5.02 Å². The molecule has 6 heteroatoms. The number of rotatable bonds is 7. The SMILES string of the molecule is C=CC[n+]1c(CN(C)C(O)c2cc(Cl)ccc2OC)[nH]c2ccccc21. The molecule has 1 heterocycles. The molecule has 0 saturated heterocycles. The Labute approximate surface area is 158 Å². The average molecular weight is 373 g/mol. The predicted molar refractivity (Wildman–Crippen MR) is 103 cm³/mol. The van der Waals surface area contributed by atoms with Gasteiger partial charge in [0.25, 0.3) is 5.82 Å². The van der Waals surface area contributed by atoms with Gasteiger partial charge < -0.3 is 9.84 Å². The van der Waals surface area contributed by atoms with Crippen LogP contribution in [0.4, 0.5) is 0 Å². The molecule has 0 aliphatic carbocycles. The molecule has 0 aliphatic heterocycles. The molecule has 1 aromatic heterocycles. The molecule has 2 N–H and O–H groups in total. The summed E-state index contributed by atoms with van der Waals surface area (Å²) in [4.78, 5) is 5.26. The minimum absolute atomic E-state index is 0.513. The monoisotopic (exact) mass is 372 g/mol. The average Bonchev–Trinajstić information content (AvgIpc) is 2.98. The molecule has 0 spiro atoms. The van der Waals surface area contributed by atoms with E-state index in [-0.39, 0.29) is 0 Å². The van der Waals surface area contributed by atoms with Gasteiger partial charge in [0, 0.05) is 10.6 Å². The van der Waals surface area contributed by atoms with E-state index in [0.29, 0.717) is 29.4 Å². The number of fused-ring (bicyclic) bond motifs is 1. The quantitative estimate of drug-likeness (QED) is 0.379. The van der Waals surface area contributed by atoms with Crippen molar-refractivity contribution < 1.29 is 14.4 Å². The Morgan fingerprint density at radius 3 is 2.85 bits per heavy atom. The molecule has 0 radical (unpaired) electrons. The number of imidazole rings is 1. The maximum atomic E-state index is 10.8. The van der Waals surface area contributed by atoms with Crippen LogP contribution in [0.3, 0.4) is 0 Å². The minimum Gasteiger partial charge on any atom is -0.496 e. The molecular weight excluding hydrogens is 350 g/mol. The van der Waals surface area contributed by atoms with Crippen LogP contribution in [0.5, 0.6) is 5.75 Å². The summed E-state index contributed by atoms with van der Waals surface area (Å²) in [5.74, 6) is 1.58. The van der Waals surface area contributed by atoms with E-state index < -0.39 is 6.23 Å². The maximum absolute atomic E-state index is 10.8. The smallest absolute Gasteiger partial charge is 0.269 e. The number of hydrogen-bond donors (Lipinski definition) is 2. The molecule has 2 aromatic carbocycles. The van der Waals surface area contributed by atoms with Gasteiger partial charge >= 0.3 is 0 Å². The van der Waals surface area contributed by atoms with Crippen LogP contribution in [-0.2, 0) is 13.1 Å². The van der Waals surface area contributed by atoms with Gasteiger partial charge in [-0.25, -0.2) is 9.55 Å². The highest BCUT2D eigenvalue weighted by atomic mass is 35.5. The lowest BCUT2D eigenvalue weighted by atomic mass is 10.1. The number of para-hydroxylation sites is 2. The minimum atomic E-state index is -0.854. The molecule has 3 rings (SSSR count). The molecule has 0 fully saturated rings. The van der Waals surface area contributed by atoms with Crippen LogP contribution < -0.4 is 9.30 Å². The van der Waals surface area contributed by atoms with Gasteiger partial charge in [0.2, 0.25) is 0 Å². The van der Waals surface area contributed by atoms with Crippen LogP contribution in [0.15, 0.2) is 55.1 Å². The third-order valence-corrected chi connectivity index (χ3v) is 4.63. The normalized spacial score (nSPS) is 12.5. The van der Waals surface area contributed by atoms with Crippen molar-refractivity contribution in [2.75, 3.05) is 14.2 Å². The van der Waals surface area contributed by atoms with Crippen molar-refractivity contribution in [1.82, 2.24) is 9.88 Å². The number of benzene rings is 2. The summed E-state index contributed by atoms with van der Waals surface area (Å²) >= 11 is 6.10. The Hall–Kier alpha value is -2.34. The molecule has 1 atom stereocenters. The molecule has 26 heavy (non-hydrogen) atoms. The summed E-state index contributed by atoms with van der Waals surface area (Å²) in [6, 6.07) is 13.3. The van der Waals surface area contributed by atoms with Gasteiger partial charge in [-0.3, -0.25) is 4.90 Å². The van der Waals surface area contributed by atoms with E-state index in [0.717, 1.165) is 16.9 Å². The first kappa shape index (κ1) is 18.5. The molecule has 3 aromatic rings. The summed E-state index contributed by atoms with van der Waals surface area (Å²) in [5.41, 5.74) is 2.78. The van der Waals surface area contributed by atoms with Gasteiger partial charge in [0.1, 0.15) is 25.1 Å². The zero-order valence-corrected chi connectivity index (χ0v) is 15.7. The second kappa shape index (κ2) is 7.91. The number of allylic oxidation sites excluding steroid dienone is 1. The Morgan fingerprint density at radius 1 is 1.35 bits per heavy atom. The largest absolute Gasteiger partial charge is 0.496 e. The van der Waals surface area contributed by atoms with Crippen LogP contribution in [0, 0.1) is 0 Å². The van der Waals surface area contributed by atoms with Crippen LogP contribution in [-0.4, -0.2) is 29.1 Å². The van der Waals surface area contributed by atoms with E-state index in [1.165, 1.54) is 0 Å². The first-order valence-corrected chi connectivity index (χ1v) is 8.75. The van der Waals surface area contributed by atoms with Crippen molar-refractivity contribution in [1.29, 1.82) is 0 Å². The summed E-state index contributed by atoms with van der Waals surface area (Å²) in [6.07, 6.45) is 1.01. The number of nitrogens with zero attached hydrogens (tertiary/aromatic N) is 2. The van der Waals surface area contributed by atoms with Crippen molar-refractivity contribution in [2.45, 2.75) is 19.3 Å². The highest BCUT2D eigenvalue weighted by molar-refractivity contribution is 6.30. The highest BCUT2D eigenvalue weighted by Crippen LogP contribution is 2.30. The summed E-state index contributed by atoms with van der Waals surface area (Å²) < 4.78 is 7.51. The number of halogens is 1. The molecule has 1 unspecified atom stereocenters. The maximum Gasteiger partial charge on any atom is 0.269 e. The van der Waals surface area contributed by atoms with E-state index >= 15 is 0 Å². The Morgan fingerprint density at radius 2 is 2.12 bits per heavy atom. The number of aromatic nitrogens is 2. The summed E-state index contributed by atoms with van der Waals surface area (Å²) in [6.45, 7) is 5.05. The lowest BCUT2D eigenvalue weighted by molar-refractivity contribution is -0.669. The topological polar surface area (TPSA) is 52.4 Å². The van der Waals surface area contributed by atoms with Crippen LogP contribution in [0.25, 0.3) is 11.0 Å². The number of methoxy groups -OCH3 is 1. The molecule has 0 saturated carbocycles. The van der Waals surface area contributed by atoms with Crippen molar-refractivity contribution in [2.24, 2.45) is 0 Å². The van der Waals surface area contributed by atoms with Crippen molar-refractivity contribution in [3.63, 3.8) is 0 Å². The highest BCUT2D eigenvalue weighted by Gasteiger charge is 2.24. The number of H-pyrrole nitrogens is 1. The van der Waals surface area contributed by atoms with E-state index in [4.69, 9.17) is 16.3 Å². The second-order valence-corrected chi connectivity index (χ2v) is 6.60. The first-order chi connectivity index (χ1) is 12.5. The lowest BCUT2D eigenvalue weighted by Crippen LogP contribution is -2.39. The standard InChI is InChI=1S/C20H22ClN3O2/c1-4-11-24-17-8-6-5-7-16(17)22-19(24)13-23(2)20(25)15-12-14(21)9-10-18(15)26-3/h4-10,12,20,25H,1,11,13H2,2-3H3/p+1. The fourth-order valence-electron chi connectivity index (χ4n) is 3.11. The first-order valence-electron chi connectivity index (χ1n) is 8.37. The fraction of sp³-hybridized carbons (Fsp3) is 0.250.